The van der Waals surface area contributed by atoms with Crippen LogP contribution in [0.4, 0.5) is 0 Å². The summed E-state index contributed by atoms with van der Waals surface area (Å²) in [6.07, 6.45) is 1.94. The first kappa shape index (κ1) is 11.1. The molecule has 0 atom stereocenters. The van der Waals surface area contributed by atoms with Gasteiger partial charge in [0.1, 0.15) is 0 Å². The summed E-state index contributed by atoms with van der Waals surface area (Å²) in [6.45, 7) is 0. The van der Waals surface area contributed by atoms with Crippen molar-refractivity contribution in [3.05, 3.63) is 70.3 Å². The molecule has 0 amide bonds. The standard InChI is InChI=1S/C16H10BrN/c17-15-3-1-2-12(11-15)4-5-13-6-7-16-14(10-13)8-9-18-16/h1-3,6-11,18H. The lowest BCUT2D eigenvalue weighted by Crippen LogP contribution is -1.76. The number of halogens is 1. The number of hydrogen-bond acceptors (Lipinski definition) is 0. The molecule has 0 aliphatic rings. The Labute approximate surface area is 114 Å². The van der Waals surface area contributed by atoms with Gasteiger partial charge in [0.15, 0.2) is 0 Å². The summed E-state index contributed by atoms with van der Waals surface area (Å²) in [5.74, 6) is 6.35. The smallest absolute Gasteiger partial charge is 0.0454 e. The van der Waals surface area contributed by atoms with Crippen LogP contribution in [0.5, 0.6) is 0 Å². The number of benzene rings is 2. The highest BCUT2D eigenvalue weighted by Crippen LogP contribution is 2.14. The molecule has 0 spiro atoms. The average Bonchev–Trinajstić information content (AvgIpc) is 2.84. The molecule has 1 nitrogen and oxygen atoms in total. The molecule has 2 heteroatoms. The Kier molecular flexibility index (Phi) is 2.92. The largest absolute Gasteiger partial charge is 0.361 e. The van der Waals surface area contributed by atoms with Gasteiger partial charge >= 0.3 is 0 Å². The molecule has 1 N–H and O–H groups in total. The number of fused-ring (bicyclic) bond motifs is 1. The molecule has 0 aliphatic heterocycles. The van der Waals surface area contributed by atoms with Crippen LogP contribution < -0.4 is 0 Å². The quantitative estimate of drug-likeness (QED) is 0.594. The number of aromatic nitrogens is 1. The Morgan fingerprint density at radius 1 is 0.889 bits per heavy atom. The first-order valence-electron chi connectivity index (χ1n) is 5.66. The van der Waals surface area contributed by atoms with Crippen LogP contribution in [-0.2, 0) is 0 Å². The molecule has 3 aromatic rings. The van der Waals surface area contributed by atoms with Gasteiger partial charge in [0.05, 0.1) is 0 Å². The van der Waals surface area contributed by atoms with Crippen molar-refractivity contribution in [2.45, 2.75) is 0 Å². The Morgan fingerprint density at radius 3 is 2.56 bits per heavy atom. The molecule has 3 rings (SSSR count). The molecule has 0 saturated heterocycles. The van der Waals surface area contributed by atoms with E-state index in [0.29, 0.717) is 0 Å². The van der Waals surface area contributed by atoms with Gasteiger partial charge in [0, 0.05) is 32.7 Å². The molecule has 0 fully saturated rings. The van der Waals surface area contributed by atoms with Crippen LogP contribution in [0.15, 0.2) is 59.2 Å². The summed E-state index contributed by atoms with van der Waals surface area (Å²) >= 11 is 3.44. The van der Waals surface area contributed by atoms with Crippen molar-refractivity contribution in [3.8, 4) is 11.8 Å². The maximum Gasteiger partial charge on any atom is 0.0454 e. The molecule has 18 heavy (non-hydrogen) atoms. The first-order valence-corrected chi connectivity index (χ1v) is 6.45. The fraction of sp³-hybridized carbons (Fsp3) is 0. The second-order valence-electron chi connectivity index (χ2n) is 4.04. The van der Waals surface area contributed by atoms with E-state index in [4.69, 9.17) is 0 Å². The Balaban J connectivity index is 1.97. The van der Waals surface area contributed by atoms with E-state index in [1.54, 1.807) is 0 Å². The molecule has 1 aromatic heterocycles. The van der Waals surface area contributed by atoms with E-state index < -0.39 is 0 Å². The summed E-state index contributed by atoms with van der Waals surface area (Å²) in [5, 5.41) is 1.19. The van der Waals surface area contributed by atoms with Crippen LogP contribution in [0, 0.1) is 11.8 Å². The minimum absolute atomic E-state index is 1.01. The van der Waals surface area contributed by atoms with Crippen molar-refractivity contribution in [3.63, 3.8) is 0 Å². The van der Waals surface area contributed by atoms with Gasteiger partial charge in [-0.05, 0) is 42.5 Å². The normalized spacial score (nSPS) is 10.1. The summed E-state index contributed by atoms with van der Waals surface area (Å²) in [4.78, 5) is 3.17. The van der Waals surface area contributed by atoms with Gasteiger partial charge in [-0.25, -0.2) is 0 Å². The second-order valence-corrected chi connectivity index (χ2v) is 4.96. The van der Waals surface area contributed by atoms with Crippen LogP contribution in [0.3, 0.4) is 0 Å². The number of rotatable bonds is 0. The zero-order chi connectivity index (χ0) is 12.4. The molecule has 1 heterocycles. The van der Waals surface area contributed by atoms with Crippen molar-refractivity contribution in [2.24, 2.45) is 0 Å². The second kappa shape index (κ2) is 4.72. The fourth-order valence-electron chi connectivity index (χ4n) is 1.84. The highest BCUT2D eigenvalue weighted by atomic mass is 79.9. The van der Waals surface area contributed by atoms with E-state index in [1.807, 2.05) is 36.5 Å². The summed E-state index contributed by atoms with van der Waals surface area (Å²) < 4.78 is 1.05. The summed E-state index contributed by atoms with van der Waals surface area (Å²) in [6, 6.07) is 16.2. The summed E-state index contributed by atoms with van der Waals surface area (Å²) in [5.41, 5.74) is 3.18. The fourth-order valence-corrected chi connectivity index (χ4v) is 2.24. The van der Waals surface area contributed by atoms with Crippen molar-refractivity contribution in [1.82, 2.24) is 4.98 Å². The predicted octanol–water partition coefficient (Wildman–Crippen LogP) is 4.33. The molecule has 0 radical (unpaired) electrons. The van der Waals surface area contributed by atoms with Gasteiger partial charge in [0.25, 0.3) is 0 Å². The van der Waals surface area contributed by atoms with Crippen LogP contribution in [0.1, 0.15) is 11.1 Å². The van der Waals surface area contributed by atoms with E-state index in [9.17, 15) is 0 Å². The Hall–Kier alpha value is -1.98. The Bertz CT molecular complexity index is 759. The van der Waals surface area contributed by atoms with Crippen LogP contribution in [0.2, 0.25) is 0 Å². The van der Waals surface area contributed by atoms with E-state index in [-0.39, 0.29) is 0 Å². The molecule has 2 aromatic carbocycles. The first-order chi connectivity index (χ1) is 8.81. The number of hydrogen-bond donors (Lipinski definition) is 1. The molecule has 86 valence electrons. The van der Waals surface area contributed by atoms with Gasteiger partial charge in [-0.1, -0.05) is 33.8 Å². The number of nitrogens with one attached hydrogen (secondary N) is 1. The van der Waals surface area contributed by atoms with Crippen LogP contribution >= 0.6 is 15.9 Å². The van der Waals surface area contributed by atoms with E-state index in [0.717, 1.165) is 21.1 Å². The van der Waals surface area contributed by atoms with Crippen molar-refractivity contribution in [2.75, 3.05) is 0 Å². The average molecular weight is 296 g/mol. The third-order valence-corrected chi connectivity index (χ3v) is 3.22. The molecule has 0 unspecified atom stereocenters. The lowest BCUT2D eigenvalue weighted by Gasteiger charge is -1.93. The summed E-state index contributed by atoms with van der Waals surface area (Å²) in [7, 11) is 0. The van der Waals surface area contributed by atoms with Gasteiger partial charge in [-0.2, -0.15) is 0 Å². The van der Waals surface area contributed by atoms with Crippen molar-refractivity contribution >= 4 is 26.8 Å². The van der Waals surface area contributed by atoms with Gasteiger partial charge < -0.3 is 4.98 Å². The topological polar surface area (TPSA) is 15.8 Å². The lowest BCUT2D eigenvalue weighted by atomic mass is 10.1. The van der Waals surface area contributed by atoms with Gasteiger partial charge in [-0.15, -0.1) is 0 Å². The third-order valence-electron chi connectivity index (χ3n) is 2.73. The molecular weight excluding hydrogens is 286 g/mol. The number of H-pyrrole nitrogens is 1. The van der Waals surface area contributed by atoms with E-state index in [1.165, 1.54) is 5.39 Å². The van der Waals surface area contributed by atoms with E-state index in [2.05, 4.69) is 51.0 Å². The molecule has 0 aliphatic carbocycles. The molecular formula is C16H10BrN. The zero-order valence-corrected chi connectivity index (χ0v) is 11.2. The highest BCUT2D eigenvalue weighted by molar-refractivity contribution is 9.10. The minimum atomic E-state index is 1.01. The maximum absolute atomic E-state index is 3.44. The lowest BCUT2D eigenvalue weighted by molar-refractivity contribution is 1.48. The van der Waals surface area contributed by atoms with Crippen molar-refractivity contribution < 1.29 is 0 Å². The third kappa shape index (κ3) is 2.32. The number of aromatic amines is 1. The van der Waals surface area contributed by atoms with Gasteiger partial charge in [-0.3, -0.25) is 0 Å². The zero-order valence-electron chi connectivity index (χ0n) is 9.57. The van der Waals surface area contributed by atoms with Gasteiger partial charge in [0.2, 0.25) is 0 Å². The Morgan fingerprint density at radius 2 is 1.72 bits per heavy atom. The predicted molar refractivity (Wildman–Crippen MR) is 78.4 cm³/mol. The SMILES string of the molecule is Brc1cccc(C#Cc2ccc3[nH]ccc3c2)c1. The molecule has 0 bridgehead atoms. The van der Waals surface area contributed by atoms with Crippen molar-refractivity contribution in [1.29, 1.82) is 0 Å². The highest BCUT2D eigenvalue weighted by Gasteiger charge is 1.94. The minimum Gasteiger partial charge on any atom is -0.361 e. The van der Waals surface area contributed by atoms with E-state index >= 15 is 0 Å². The monoisotopic (exact) mass is 295 g/mol. The maximum atomic E-state index is 3.44. The van der Waals surface area contributed by atoms with Crippen LogP contribution in [-0.4, -0.2) is 4.98 Å². The molecule has 0 saturated carbocycles. The van der Waals surface area contributed by atoms with Crippen LogP contribution in [0.25, 0.3) is 10.9 Å².